The lowest BCUT2D eigenvalue weighted by Crippen LogP contribution is -2.46. The van der Waals surface area contributed by atoms with Crippen LogP contribution >= 0.6 is 22.7 Å². The highest BCUT2D eigenvalue weighted by molar-refractivity contribution is 7.10. The summed E-state index contributed by atoms with van der Waals surface area (Å²) < 4.78 is 5.52. The lowest BCUT2D eigenvalue weighted by molar-refractivity contribution is 0.0177. The third kappa shape index (κ3) is 5.54. The minimum Gasteiger partial charge on any atom is -0.379 e. The summed E-state index contributed by atoms with van der Waals surface area (Å²) in [6.07, 6.45) is 0. The summed E-state index contributed by atoms with van der Waals surface area (Å²) in [4.78, 5) is 9.89. The van der Waals surface area contributed by atoms with Crippen LogP contribution in [0.1, 0.15) is 22.7 Å². The minimum atomic E-state index is 0.356. The molecule has 0 saturated carbocycles. The van der Waals surface area contributed by atoms with Crippen molar-refractivity contribution in [2.75, 3.05) is 39.4 Å². The van der Waals surface area contributed by atoms with Crippen molar-refractivity contribution in [2.24, 2.45) is 4.99 Å². The van der Waals surface area contributed by atoms with Crippen molar-refractivity contribution >= 4 is 28.6 Å². The first-order chi connectivity index (χ1) is 12.4. The molecule has 0 spiro atoms. The Morgan fingerprint density at radius 1 is 1.20 bits per heavy atom. The zero-order valence-corrected chi connectivity index (χ0v) is 16.2. The van der Waals surface area contributed by atoms with E-state index in [0.29, 0.717) is 12.6 Å². The molecule has 0 aliphatic carbocycles. The van der Waals surface area contributed by atoms with Crippen LogP contribution in [-0.4, -0.2) is 50.3 Å². The number of ether oxygens (including phenoxy) is 1. The SMILES string of the molecule is CCNC(=NCc1cccs1)NCC(c1cccs1)N1CCOCC1. The fourth-order valence-corrected chi connectivity index (χ4v) is 4.36. The lowest BCUT2D eigenvalue weighted by atomic mass is 10.2. The summed E-state index contributed by atoms with van der Waals surface area (Å²) in [5.41, 5.74) is 0. The van der Waals surface area contributed by atoms with Crippen LogP contribution in [0.4, 0.5) is 0 Å². The van der Waals surface area contributed by atoms with E-state index >= 15 is 0 Å². The Morgan fingerprint density at radius 2 is 2.00 bits per heavy atom. The molecule has 2 aromatic heterocycles. The molecule has 1 fully saturated rings. The number of guanidine groups is 1. The van der Waals surface area contributed by atoms with E-state index in [1.807, 2.05) is 11.3 Å². The van der Waals surface area contributed by atoms with Crippen LogP contribution in [0, 0.1) is 0 Å². The van der Waals surface area contributed by atoms with Gasteiger partial charge in [0.1, 0.15) is 0 Å². The molecule has 1 unspecified atom stereocenters. The molecule has 1 aliphatic rings. The smallest absolute Gasteiger partial charge is 0.191 e. The zero-order valence-electron chi connectivity index (χ0n) is 14.6. The van der Waals surface area contributed by atoms with Gasteiger partial charge in [0.2, 0.25) is 0 Å². The molecule has 5 nitrogen and oxygen atoms in total. The van der Waals surface area contributed by atoms with Crippen LogP contribution in [0.25, 0.3) is 0 Å². The average Bonchev–Trinajstić information content (AvgIpc) is 3.35. The molecule has 0 bridgehead atoms. The highest BCUT2D eigenvalue weighted by atomic mass is 32.1. The maximum Gasteiger partial charge on any atom is 0.191 e. The third-order valence-electron chi connectivity index (χ3n) is 4.14. The summed E-state index contributed by atoms with van der Waals surface area (Å²) >= 11 is 3.57. The Kier molecular flexibility index (Phi) is 7.29. The Hall–Kier alpha value is -1.41. The number of nitrogens with one attached hydrogen (secondary N) is 2. The fraction of sp³-hybridized carbons (Fsp3) is 0.500. The van der Waals surface area contributed by atoms with Crippen molar-refractivity contribution in [3.8, 4) is 0 Å². The van der Waals surface area contributed by atoms with Crippen LogP contribution in [-0.2, 0) is 11.3 Å². The highest BCUT2D eigenvalue weighted by Crippen LogP contribution is 2.25. The van der Waals surface area contributed by atoms with E-state index < -0.39 is 0 Å². The van der Waals surface area contributed by atoms with E-state index in [2.05, 4.69) is 57.5 Å². The molecule has 0 amide bonds. The van der Waals surface area contributed by atoms with Crippen molar-refractivity contribution in [3.05, 3.63) is 44.8 Å². The topological polar surface area (TPSA) is 48.9 Å². The van der Waals surface area contributed by atoms with Gasteiger partial charge in [-0.25, -0.2) is 4.99 Å². The van der Waals surface area contributed by atoms with Gasteiger partial charge in [-0.1, -0.05) is 12.1 Å². The van der Waals surface area contributed by atoms with Crippen LogP contribution in [0.15, 0.2) is 40.0 Å². The molecule has 2 aromatic rings. The third-order valence-corrected chi connectivity index (χ3v) is 5.97. The van der Waals surface area contributed by atoms with Crippen molar-refractivity contribution in [2.45, 2.75) is 19.5 Å². The zero-order chi connectivity index (χ0) is 17.3. The Balaban J connectivity index is 1.64. The van der Waals surface area contributed by atoms with Crippen molar-refractivity contribution in [1.82, 2.24) is 15.5 Å². The summed E-state index contributed by atoms with van der Waals surface area (Å²) in [5.74, 6) is 0.880. The second-order valence-corrected chi connectivity index (χ2v) is 7.85. The van der Waals surface area contributed by atoms with Crippen molar-refractivity contribution in [3.63, 3.8) is 0 Å². The Morgan fingerprint density at radius 3 is 2.68 bits per heavy atom. The summed E-state index contributed by atoms with van der Waals surface area (Å²) in [5, 5.41) is 11.1. The summed E-state index contributed by atoms with van der Waals surface area (Å²) in [7, 11) is 0. The van der Waals surface area contributed by atoms with Crippen molar-refractivity contribution < 1.29 is 4.74 Å². The maximum absolute atomic E-state index is 5.52. The second kappa shape index (κ2) is 9.91. The first kappa shape index (κ1) is 18.4. The molecule has 2 N–H and O–H groups in total. The van der Waals surface area contributed by atoms with Crippen LogP contribution in [0.5, 0.6) is 0 Å². The molecule has 7 heteroatoms. The number of rotatable bonds is 7. The van der Waals surface area contributed by atoms with Gasteiger partial charge in [0, 0.05) is 35.9 Å². The number of hydrogen-bond donors (Lipinski definition) is 2. The normalized spacial score (nSPS) is 17.4. The quantitative estimate of drug-likeness (QED) is 0.574. The van der Waals surface area contributed by atoms with Crippen molar-refractivity contribution in [1.29, 1.82) is 0 Å². The molecule has 3 heterocycles. The number of thiophene rings is 2. The molecule has 0 radical (unpaired) electrons. The monoisotopic (exact) mass is 378 g/mol. The fourth-order valence-electron chi connectivity index (χ4n) is 2.87. The van der Waals surface area contributed by atoms with Gasteiger partial charge in [-0.05, 0) is 29.8 Å². The molecule has 3 rings (SSSR count). The minimum absolute atomic E-state index is 0.356. The molecule has 1 atom stereocenters. The van der Waals surface area contributed by atoms with Gasteiger partial charge in [0.25, 0.3) is 0 Å². The summed E-state index contributed by atoms with van der Waals surface area (Å²) in [6.45, 7) is 8.10. The summed E-state index contributed by atoms with van der Waals surface area (Å²) in [6, 6.07) is 8.90. The Labute approximate surface area is 157 Å². The lowest BCUT2D eigenvalue weighted by Gasteiger charge is -2.34. The predicted molar refractivity (Wildman–Crippen MR) is 107 cm³/mol. The van der Waals surface area contributed by atoms with E-state index in [1.165, 1.54) is 9.75 Å². The first-order valence-electron chi connectivity index (χ1n) is 8.76. The van der Waals surface area contributed by atoms with Gasteiger partial charge in [0.05, 0.1) is 25.8 Å². The van der Waals surface area contributed by atoms with Gasteiger partial charge < -0.3 is 15.4 Å². The van der Waals surface area contributed by atoms with E-state index in [1.54, 1.807) is 11.3 Å². The van der Waals surface area contributed by atoms with Gasteiger partial charge >= 0.3 is 0 Å². The van der Waals surface area contributed by atoms with Gasteiger partial charge in [-0.15, -0.1) is 22.7 Å². The molecule has 136 valence electrons. The van der Waals surface area contributed by atoms with Crippen LogP contribution in [0.3, 0.4) is 0 Å². The van der Waals surface area contributed by atoms with Gasteiger partial charge in [-0.3, -0.25) is 4.90 Å². The number of nitrogens with zero attached hydrogens (tertiary/aromatic N) is 2. The number of hydrogen-bond acceptors (Lipinski definition) is 5. The standard InChI is InChI=1S/C18H26N4OS2/c1-2-19-18(20-13-15-5-3-11-24-15)21-14-16(17-6-4-12-25-17)22-7-9-23-10-8-22/h3-6,11-12,16H,2,7-10,13-14H2,1H3,(H2,19,20,21). The molecule has 25 heavy (non-hydrogen) atoms. The van der Waals surface area contributed by atoms with E-state index in [9.17, 15) is 0 Å². The average molecular weight is 379 g/mol. The molecular weight excluding hydrogens is 352 g/mol. The van der Waals surface area contributed by atoms with Crippen LogP contribution < -0.4 is 10.6 Å². The number of morpholine rings is 1. The van der Waals surface area contributed by atoms with E-state index in [4.69, 9.17) is 9.73 Å². The van der Waals surface area contributed by atoms with Gasteiger partial charge in [0.15, 0.2) is 5.96 Å². The van der Waals surface area contributed by atoms with Gasteiger partial charge in [-0.2, -0.15) is 0 Å². The van der Waals surface area contributed by atoms with E-state index in [0.717, 1.165) is 45.4 Å². The van der Waals surface area contributed by atoms with E-state index in [-0.39, 0.29) is 0 Å². The molecule has 1 aliphatic heterocycles. The largest absolute Gasteiger partial charge is 0.379 e. The predicted octanol–water partition coefficient (Wildman–Crippen LogP) is 2.94. The second-order valence-electron chi connectivity index (χ2n) is 5.83. The highest BCUT2D eigenvalue weighted by Gasteiger charge is 2.23. The number of aliphatic imine (C=N–C) groups is 1. The first-order valence-corrected chi connectivity index (χ1v) is 10.5. The molecule has 1 saturated heterocycles. The molecule has 0 aromatic carbocycles. The Bertz CT molecular complexity index is 622. The maximum atomic E-state index is 5.52. The molecular formula is C18H26N4OS2. The van der Waals surface area contributed by atoms with Crippen LogP contribution in [0.2, 0.25) is 0 Å².